The molecule has 2 aromatic carbocycles. The quantitative estimate of drug-likeness (QED) is 0.773. The Labute approximate surface area is 129 Å². The second-order valence-electron chi connectivity index (χ2n) is 4.10. The van der Waals surface area contributed by atoms with Crippen LogP contribution in [0, 0.1) is 6.92 Å². The Bertz CT molecular complexity index is 623. The van der Waals surface area contributed by atoms with E-state index >= 15 is 0 Å². The molecule has 2 aromatic rings. The third-order valence-electron chi connectivity index (χ3n) is 2.48. The lowest BCUT2D eigenvalue weighted by Crippen LogP contribution is -2.12. The summed E-state index contributed by atoms with van der Waals surface area (Å²) < 4.78 is 0.867. The van der Waals surface area contributed by atoms with Gasteiger partial charge in [-0.1, -0.05) is 39.1 Å². The van der Waals surface area contributed by atoms with Gasteiger partial charge in [0.15, 0.2) is 0 Å². The van der Waals surface area contributed by atoms with Gasteiger partial charge in [-0.05, 0) is 48.9 Å². The lowest BCUT2D eigenvalue weighted by Gasteiger charge is -2.07. The smallest absolute Gasteiger partial charge is 0.255 e. The number of rotatable bonds is 2. The number of aryl methyl sites for hydroxylation is 1. The Morgan fingerprint density at radius 2 is 1.84 bits per heavy atom. The normalized spacial score (nSPS) is 10.3. The van der Waals surface area contributed by atoms with Crippen LogP contribution in [0.15, 0.2) is 40.9 Å². The van der Waals surface area contributed by atoms with E-state index in [-0.39, 0.29) is 5.91 Å². The zero-order valence-corrected chi connectivity index (χ0v) is 13.1. The van der Waals surface area contributed by atoms with Crippen LogP contribution in [0.2, 0.25) is 10.0 Å². The highest BCUT2D eigenvalue weighted by molar-refractivity contribution is 9.10. The van der Waals surface area contributed by atoms with E-state index in [2.05, 4.69) is 21.2 Å². The number of hydrogen-bond acceptors (Lipinski definition) is 1. The molecule has 0 aliphatic rings. The minimum Gasteiger partial charge on any atom is -0.322 e. The van der Waals surface area contributed by atoms with Crippen LogP contribution >= 0.6 is 39.1 Å². The average molecular weight is 359 g/mol. The first-order chi connectivity index (χ1) is 8.95. The first-order valence-corrected chi connectivity index (χ1v) is 7.04. The molecule has 19 heavy (non-hydrogen) atoms. The van der Waals surface area contributed by atoms with Gasteiger partial charge >= 0.3 is 0 Å². The minimum absolute atomic E-state index is 0.192. The van der Waals surface area contributed by atoms with Crippen molar-refractivity contribution in [1.82, 2.24) is 0 Å². The van der Waals surface area contributed by atoms with Crippen LogP contribution in [0.25, 0.3) is 0 Å². The second-order valence-corrected chi connectivity index (χ2v) is 5.83. The molecule has 0 bridgehead atoms. The third kappa shape index (κ3) is 3.72. The summed E-state index contributed by atoms with van der Waals surface area (Å²) in [5.74, 6) is -0.192. The number of benzene rings is 2. The van der Waals surface area contributed by atoms with Crippen LogP contribution in [-0.4, -0.2) is 5.91 Å². The monoisotopic (exact) mass is 357 g/mol. The molecular weight excluding hydrogens is 349 g/mol. The summed E-state index contributed by atoms with van der Waals surface area (Å²) in [6, 6.07) is 10.5. The van der Waals surface area contributed by atoms with E-state index < -0.39 is 0 Å². The van der Waals surface area contributed by atoms with Gasteiger partial charge in [0.1, 0.15) is 0 Å². The van der Waals surface area contributed by atoms with Gasteiger partial charge in [0.2, 0.25) is 0 Å². The first kappa shape index (κ1) is 14.4. The fourth-order valence-electron chi connectivity index (χ4n) is 1.64. The Balaban J connectivity index is 2.22. The highest BCUT2D eigenvalue weighted by Gasteiger charge is 2.08. The third-order valence-corrected chi connectivity index (χ3v) is 3.68. The van der Waals surface area contributed by atoms with Crippen molar-refractivity contribution in [1.29, 1.82) is 0 Å². The Morgan fingerprint density at radius 3 is 2.47 bits per heavy atom. The van der Waals surface area contributed by atoms with Crippen molar-refractivity contribution in [2.45, 2.75) is 6.92 Å². The van der Waals surface area contributed by atoms with Crippen LogP contribution in [-0.2, 0) is 0 Å². The maximum atomic E-state index is 12.1. The SMILES string of the molecule is Cc1cc(Br)cc(C(=O)Nc2ccc(Cl)c(Cl)c2)c1. The molecule has 0 spiro atoms. The van der Waals surface area contributed by atoms with Gasteiger partial charge in [-0.15, -0.1) is 0 Å². The molecule has 2 rings (SSSR count). The molecule has 0 fully saturated rings. The number of anilines is 1. The molecule has 5 heteroatoms. The fraction of sp³-hybridized carbons (Fsp3) is 0.0714. The van der Waals surface area contributed by atoms with Crippen molar-refractivity contribution < 1.29 is 4.79 Å². The standard InChI is InChI=1S/C14H10BrCl2NO/c1-8-4-9(6-10(15)5-8)14(19)18-11-2-3-12(16)13(17)7-11/h2-7H,1H3,(H,18,19). The summed E-state index contributed by atoms with van der Waals surface area (Å²) in [7, 11) is 0. The van der Waals surface area contributed by atoms with E-state index in [1.807, 2.05) is 19.1 Å². The van der Waals surface area contributed by atoms with Gasteiger partial charge in [0, 0.05) is 15.7 Å². The average Bonchev–Trinajstić information content (AvgIpc) is 2.32. The van der Waals surface area contributed by atoms with Crippen LogP contribution in [0.1, 0.15) is 15.9 Å². The number of hydrogen-bond donors (Lipinski definition) is 1. The summed E-state index contributed by atoms with van der Waals surface area (Å²) >= 11 is 15.1. The van der Waals surface area contributed by atoms with E-state index in [1.54, 1.807) is 24.3 Å². The zero-order chi connectivity index (χ0) is 14.0. The van der Waals surface area contributed by atoms with Gasteiger partial charge < -0.3 is 5.32 Å². The predicted octanol–water partition coefficient (Wildman–Crippen LogP) is 5.32. The first-order valence-electron chi connectivity index (χ1n) is 5.49. The van der Waals surface area contributed by atoms with Gasteiger partial charge in [0.05, 0.1) is 10.0 Å². The summed E-state index contributed by atoms with van der Waals surface area (Å²) in [6.45, 7) is 1.93. The number of halogens is 3. The number of carbonyl (C=O) groups is 1. The van der Waals surface area contributed by atoms with Crippen LogP contribution in [0.3, 0.4) is 0 Å². The Hall–Kier alpha value is -1.03. The van der Waals surface area contributed by atoms with Crippen molar-refractivity contribution in [2.75, 3.05) is 5.32 Å². The van der Waals surface area contributed by atoms with Crippen molar-refractivity contribution in [2.24, 2.45) is 0 Å². The van der Waals surface area contributed by atoms with Crippen molar-refractivity contribution in [3.8, 4) is 0 Å². The maximum Gasteiger partial charge on any atom is 0.255 e. The summed E-state index contributed by atoms with van der Waals surface area (Å²) in [5.41, 5.74) is 2.20. The molecule has 98 valence electrons. The van der Waals surface area contributed by atoms with Crippen molar-refractivity contribution in [3.63, 3.8) is 0 Å². The molecule has 0 saturated carbocycles. The molecule has 0 radical (unpaired) electrons. The van der Waals surface area contributed by atoms with Crippen molar-refractivity contribution >= 4 is 50.7 Å². The molecule has 0 aliphatic heterocycles. The van der Waals surface area contributed by atoms with Crippen LogP contribution in [0.4, 0.5) is 5.69 Å². The van der Waals surface area contributed by atoms with E-state index in [0.29, 0.717) is 21.3 Å². The number of nitrogens with one attached hydrogen (secondary N) is 1. The molecule has 0 atom stereocenters. The molecular formula is C14H10BrCl2NO. The summed E-state index contributed by atoms with van der Waals surface area (Å²) in [5, 5.41) is 3.64. The number of carbonyl (C=O) groups excluding carboxylic acids is 1. The Morgan fingerprint density at radius 1 is 1.11 bits per heavy atom. The maximum absolute atomic E-state index is 12.1. The lowest BCUT2D eigenvalue weighted by atomic mass is 10.1. The fourth-order valence-corrected chi connectivity index (χ4v) is 2.55. The molecule has 0 aromatic heterocycles. The minimum atomic E-state index is -0.192. The topological polar surface area (TPSA) is 29.1 Å². The second kappa shape index (κ2) is 5.95. The van der Waals surface area contributed by atoms with Gasteiger partial charge in [-0.25, -0.2) is 0 Å². The number of amides is 1. The zero-order valence-electron chi connectivity index (χ0n) is 10.0. The molecule has 1 N–H and O–H groups in total. The van der Waals surface area contributed by atoms with E-state index in [1.165, 1.54) is 0 Å². The van der Waals surface area contributed by atoms with Crippen LogP contribution < -0.4 is 5.32 Å². The van der Waals surface area contributed by atoms with Gasteiger partial charge in [-0.3, -0.25) is 4.79 Å². The Kier molecular flexibility index (Phi) is 4.50. The largest absolute Gasteiger partial charge is 0.322 e. The van der Waals surface area contributed by atoms with Gasteiger partial charge in [0.25, 0.3) is 5.91 Å². The highest BCUT2D eigenvalue weighted by Crippen LogP contribution is 2.25. The summed E-state index contributed by atoms with van der Waals surface area (Å²) in [6.07, 6.45) is 0. The molecule has 0 heterocycles. The molecule has 0 unspecified atom stereocenters. The summed E-state index contributed by atoms with van der Waals surface area (Å²) in [4.78, 5) is 12.1. The highest BCUT2D eigenvalue weighted by atomic mass is 79.9. The molecule has 0 saturated heterocycles. The molecule has 0 aliphatic carbocycles. The predicted molar refractivity (Wildman–Crippen MR) is 83.3 cm³/mol. The molecule has 1 amide bonds. The lowest BCUT2D eigenvalue weighted by molar-refractivity contribution is 0.102. The van der Waals surface area contributed by atoms with E-state index in [4.69, 9.17) is 23.2 Å². The van der Waals surface area contributed by atoms with Crippen LogP contribution in [0.5, 0.6) is 0 Å². The van der Waals surface area contributed by atoms with Crippen molar-refractivity contribution in [3.05, 3.63) is 62.0 Å². The van der Waals surface area contributed by atoms with E-state index in [9.17, 15) is 4.79 Å². The molecule has 2 nitrogen and oxygen atoms in total. The van der Waals surface area contributed by atoms with Gasteiger partial charge in [-0.2, -0.15) is 0 Å². The van der Waals surface area contributed by atoms with E-state index in [0.717, 1.165) is 10.0 Å².